The van der Waals surface area contributed by atoms with Crippen LogP contribution < -0.4 is 20.2 Å². The molecule has 0 bridgehead atoms. The van der Waals surface area contributed by atoms with Gasteiger partial charge in [-0.3, -0.25) is 19.1 Å². The number of rotatable bonds is 21. The van der Waals surface area contributed by atoms with Crippen molar-refractivity contribution in [2.45, 2.75) is 99.0 Å². The molecule has 6 heterocycles. The van der Waals surface area contributed by atoms with Crippen LogP contribution in [0.2, 0.25) is 0 Å². The number of aromatic nitrogens is 2. The molecule has 93 heavy (non-hydrogen) atoms. The molecule has 3 aliphatic carbocycles. The van der Waals surface area contributed by atoms with Gasteiger partial charge in [-0.05, 0) is 107 Å². The van der Waals surface area contributed by atoms with Crippen LogP contribution in [0.1, 0.15) is 103 Å². The molecule has 5 aliphatic heterocycles. The van der Waals surface area contributed by atoms with E-state index in [4.69, 9.17) is 35.3 Å². The van der Waals surface area contributed by atoms with E-state index in [1.54, 1.807) is 37.9 Å². The number of benzene rings is 2. The summed E-state index contributed by atoms with van der Waals surface area (Å²) in [5.74, 6) is 0.0201. The summed E-state index contributed by atoms with van der Waals surface area (Å²) >= 11 is 8.81. The van der Waals surface area contributed by atoms with E-state index < -0.39 is 50.9 Å². The van der Waals surface area contributed by atoms with Gasteiger partial charge in [0.1, 0.15) is 17.2 Å². The van der Waals surface area contributed by atoms with Crippen molar-refractivity contribution in [3.8, 4) is 11.5 Å². The number of hydrazone groups is 1. The molecule has 11 rings (SSSR count). The van der Waals surface area contributed by atoms with Gasteiger partial charge in [-0.25, -0.2) is 34.8 Å². The molecule has 3 amide bonds. The molecule has 0 unspecified atom stereocenters. The number of nitrogens with zero attached hydrogens (tertiary/aromatic N) is 7. The van der Waals surface area contributed by atoms with Gasteiger partial charge >= 0.3 is 11.9 Å². The van der Waals surface area contributed by atoms with Crippen LogP contribution in [-0.2, 0) is 82.4 Å². The molecule has 0 radical (unpaired) electrons. The van der Waals surface area contributed by atoms with E-state index in [0.717, 1.165) is 94.2 Å². The Bertz CT molecular complexity index is 3560. The van der Waals surface area contributed by atoms with E-state index in [2.05, 4.69) is 51.4 Å². The number of methoxy groups -OCH3 is 2. The Kier molecular flexibility index (Phi) is 26.2. The van der Waals surface area contributed by atoms with Crippen molar-refractivity contribution >= 4 is 91.9 Å². The molecule has 8 aliphatic rings. The fourth-order valence-corrected chi connectivity index (χ4v) is 16.2. The zero-order chi connectivity index (χ0) is 67.8. The highest BCUT2D eigenvalue weighted by Gasteiger charge is 2.55. The Balaban J connectivity index is 0.000000175. The third-order valence-electron chi connectivity index (χ3n) is 17.1. The molecule has 514 valence electrons. The van der Waals surface area contributed by atoms with Crippen LogP contribution in [0, 0.1) is 0 Å². The van der Waals surface area contributed by atoms with Crippen LogP contribution in [0.5, 0.6) is 11.5 Å². The second kappa shape index (κ2) is 32.9. The van der Waals surface area contributed by atoms with Crippen LogP contribution in [0.3, 0.4) is 0 Å². The number of amides is 3. The second-order valence-corrected chi connectivity index (χ2v) is 31.8. The smallest absolute Gasteiger partial charge is 0.370 e. The van der Waals surface area contributed by atoms with Crippen LogP contribution in [-0.4, -0.2) is 241 Å². The van der Waals surface area contributed by atoms with Crippen LogP contribution >= 0.6 is 27.5 Å². The number of alkyl halides is 1. The molecular weight excluding hydrogens is 1350 g/mol. The monoisotopic (exact) mass is 1440 g/mol. The van der Waals surface area contributed by atoms with Gasteiger partial charge in [0.15, 0.2) is 35.2 Å². The minimum atomic E-state index is -3.27. The van der Waals surface area contributed by atoms with Gasteiger partial charge in [0.05, 0.1) is 92.6 Å². The van der Waals surface area contributed by atoms with Gasteiger partial charge in [-0.15, -0.1) is 0 Å². The second-order valence-electron chi connectivity index (χ2n) is 23.6. The molecule has 3 saturated carbocycles. The lowest BCUT2D eigenvalue weighted by molar-refractivity contribution is -0.134. The van der Waals surface area contributed by atoms with Crippen molar-refractivity contribution in [3.05, 3.63) is 100 Å². The van der Waals surface area contributed by atoms with E-state index in [0.29, 0.717) is 99.5 Å². The van der Waals surface area contributed by atoms with Crippen LogP contribution in [0.25, 0.3) is 0 Å². The molecule has 1 aromatic heterocycles. The molecule has 2 aromatic carbocycles. The Hall–Kier alpha value is -6.31. The highest BCUT2D eigenvalue weighted by Crippen LogP contribution is 2.46. The van der Waals surface area contributed by atoms with Crippen molar-refractivity contribution in [2.24, 2.45) is 5.10 Å². The summed E-state index contributed by atoms with van der Waals surface area (Å²) in [6.45, 7) is 12.7. The minimum absolute atomic E-state index is 0.0296. The number of carbonyl (C=O) groups excluding carboxylic acids is 5. The number of carbonyl (C=O) groups is 5. The first-order valence-corrected chi connectivity index (χ1v) is 38.1. The molecule has 0 atom stereocenters. The number of nitrogens with one attached hydrogen (secondary N) is 2. The van der Waals surface area contributed by atoms with Crippen molar-refractivity contribution in [1.29, 1.82) is 0 Å². The number of ether oxygens (including phenoxy) is 6. The third-order valence-corrected chi connectivity index (χ3v) is 25.2. The molecule has 3 aromatic rings. The molecule has 31 heteroatoms. The van der Waals surface area contributed by atoms with E-state index in [-0.39, 0.29) is 59.6 Å². The van der Waals surface area contributed by atoms with E-state index in [1.165, 1.54) is 23.4 Å². The summed E-state index contributed by atoms with van der Waals surface area (Å²) in [5.41, 5.74) is 7.13. The average molecular weight is 1440 g/mol. The zero-order valence-corrected chi connectivity index (χ0v) is 58.7. The number of sulfone groups is 3. The largest absolute Gasteiger partial charge is 0.497 e. The van der Waals surface area contributed by atoms with Gasteiger partial charge in [0, 0.05) is 88.6 Å². The molecule has 5 fully saturated rings. The summed E-state index contributed by atoms with van der Waals surface area (Å²) < 4.78 is 100. The maximum atomic E-state index is 13.5. The number of fused-ring (bicyclic) bond motifs is 1. The number of hydrogen-bond donors (Lipinski definition) is 2. The van der Waals surface area contributed by atoms with Gasteiger partial charge in [-0.1, -0.05) is 63.9 Å². The lowest BCUT2D eigenvalue weighted by Crippen LogP contribution is -2.48. The zero-order valence-electron chi connectivity index (χ0n) is 53.9. The van der Waals surface area contributed by atoms with E-state index in [9.17, 15) is 49.2 Å². The fourth-order valence-electron chi connectivity index (χ4n) is 10.8. The summed E-state index contributed by atoms with van der Waals surface area (Å²) in [6.07, 6.45) is 14.1. The standard InChI is InChI=1S/C22H27N3O6S.C14H22N2O4S.C12H15ClN2O3.C9H14N2O2.C5H9BrO2S/c1-4-31-21(27)18-17-9-12-24(14-22(10-11-22)32(3,28)29)20(26)19(17)25(23-18)13-15-5-7-16(30-2)8-6-15;1-21(18,19)14(4-5-14)11-16-6-2-3-12(13(16)17)15-7-9-20-10-8-15;1-3-18-12(16)11(13)15-14-8-9-4-6-10(17-2)7-5-9;12-9-8(2-1-3-10-9)11-4-6-13-7-5-11;1-9(7,8)5(4-6)2-3-5/h5-8H,4,9-14H2,1-3H3;3H,2,4-11H2,1H3;4-7,14H,3,8H2,1-2H3;2H,1,3-7H2,(H,10,12);2-4H2,1H3/b;;15-11-;;. The topological polar surface area (TPSA) is 310 Å². The third kappa shape index (κ3) is 19.7. The average Bonchev–Trinajstić information content (AvgIpc) is 1.61. The lowest BCUT2D eigenvalue weighted by atomic mass is 10.0. The summed E-state index contributed by atoms with van der Waals surface area (Å²) in [5, 5.41) is 11.4. The Morgan fingerprint density at radius 3 is 1.60 bits per heavy atom. The van der Waals surface area contributed by atoms with Crippen molar-refractivity contribution in [3.63, 3.8) is 0 Å². The highest BCUT2D eigenvalue weighted by atomic mass is 79.9. The molecular formula is C62H87BrClN9O17S3. The highest BCUT2D eigenvalue weighted by molar-refractivity contribution is 9.09. The molecule has 2 saturated heterocycles. The maximum Gasteiger partial charge on any atom is 0.370 e. The quantitative estimate of drug-likeness (QED) is 0.0650. The normalized spacial score (nSPS) is 19.5. The number of hydrogen-bond acceptors (Lipinski definition) is 22. The first-order valence-electron chi connectivity index (χ1n) is 30.9. The van der Waals surface area contributed by atoms with Crippen molar-refractivity contribution in [2.75, 3.05) is 137 Å². The summed E-state index contributed by atoms with van der Waals surface area (Å²) in [6, 6.07) is 14.8. The fraction of sp³-hybridized carbons (Fsp3) is 0.597. The van der Waals surface area contributed by atoms with Crippen molar-refractivity contribution in [1.82, 2.24) is 40.1 Å². The van der Waals surface area contributed by atoms with Crippen LogP contribution in [0.15, 0.2) is 77.2 Å². The number of esters is 2. The summed E-state index contributed by atoms with van der Waals surface area (Å²) in [4.78, 5) is 68.6. The predicted octanol–water partition coefficient (Wildman–Crippen LogP) is 4.29. The van der Waals surface area contributed by atoms with E-state index in [1.807, 2.05) is 60.7 Å². The molecule has 26 nitrogen and oxygen atoms in total. The van der Waals surface area contributed by atoms with E-state index >= 15 is 0 Å². The van der Waals surface area contributed by atoms with Gasteiger partial charge in [-0.2, -0.15) is 10.2 Å². The first-order chi connectivity index (χ1) is 44.2. The van der Waals surface area contributed by atoms with Gasteiger partial charge in [0.25, 0.3) is 17.7 Å². The number of halogens is 2. The maximum absolute atomic E-state index is 13.5. The lowest BCUT2D eigenvalue weighted by Gasteiger charge is -2.36. The molecule has 0 spiro atoms. The van der Waals surface area contributed by atoms with Gasteiger partial charge in [0.2, 0.25) is 5.17 Å². The van der Waals surface area contributed by atoms with Gasteiger partial charge < -0.3 is 58.8 Å². The summed E-state index contributed by atoms with van der Waals surface area (Å²) in [7, 11) is -5.97. The Morgan fingerprint density at radius 1 is 0.667 bits per heavy atom. The predicted molar refractivity (Wildman–Crippen MR) is 354 cm³/mol. The first kappa shape index (κ1) is 74.1. The Labute approximate surface area is 558 Å². The van der Waals surface area contributed by atoms with Crippen molar-refractivity contribution < 1.29 is 77.6 Å². The minimum Gasteiger partial charge on any atom is -0.497 e. The number of morpholine rings is 2. The Morgan fingerprint density at radius 2 is 1.15 bits per heavy atom. The van der Waals surface area contributed by atoms with Crippen LogP contribution in [0.4, 0.5) is 0 Å². The molecule has 2 N–H and O–H groups in total. The SMILES string of the molecule is CCOC(=O)/C(Cl)=N/NCc1ccc(OC)cc1.CCOC(=O)c1nn(Cc2ccc(OC)cc2)c2c1CCN(CC1(S(C)(=O)=O)CC1)C2=O.CS(=O)(=O)C1(CBr)CC1.CS(=O)(=O)C1(CN2CCC=C(N3CCOCC3)C2=O)CC1.O=C1NCCC=C1N1CCOCC1.